The third-order valence-electron chi connectivity index (χ3n) is 10.8. The van der Waals surface area contributed by atoms with Gasteiger partial charge in [-0.25, -0.2) is 0 Å². The van der Waals surface area contributed by atoms with Crippen LogP contribution < -0.4 is 0 Å². The molecule has 3 aliphatic rings. The van der Waals surface area contributed by atoms with Crippen molar-refractivity contribution >= 4 is 0 Å². The SMILES string of the molecule is CCCCCCC[C@H]1CC[C@H](CCCO[C@H]2CC[C@H]([C@H]3CC[C@H](CCCCCCC)CC3)CC2)CC1. The first-order valence-corrected chi connectivity index (χ1v) is 17.4. The molecule has 0 aliphatic heterocycles. The molecule has 3 rings (SSSR count). The second-order valence-corrected chi connectivity index (χ2v) is 13.6. The van der Waals surface area contributed by atoms with Crippen molar-refractivity contribution in [1.82, 2.24) is 0 Å². The number of hydrogen-bond acceptors (Lipinski definition) is 1. The third-order valence-corrected chi connectivity index (χ3v) is 10.8. The van der Waals surface area contributed by atoms with Gasteiger partial charge in [0.25, 0.3) is 0 Å². The van der Waals surface area contributed by atoms with Crippen molar-refractivity contribution in [2.75, 3.05) is 6.61 Å². The molecule has 0 heterocycles. The van der Waals surface area contributed by atoms with Crippen LogP contribution in [0, 0.1) is 29.6 Å². The maximum atomic E-state index is 6.41. The van der Waals surface area contributed by atoms with Crippen LogP contribution in [-0.4, -0.2) is 12.7 Å². The summed E-state index contributed by atoms with van der Waals surface area (Å²) in [5, 5.41) is 0. The van der Waals surface area contributed by atoms with Gasteiger partial charge in [0.15, 0.2) is 0 Å². The third kappa shape index (κ3) is 12.2. The van der Waals surface area contributed by atoms with Gasteiger partial charge in [-0.3, -0.25) is 0 Å². The van der Waals surface area contributed by atoms with Gasteiger partial charge in [-0.1, -0.05) is 129 Å². The van der Waals surface area contributed by atoms with Gasteiger partial charge in [-0.2, -0.15) is 0 Å². The molecule has 0 aromatic rings. The van der Waals surface area contributed by atoms with E-state index < -0.39 is 0 Å². The van der Waals surface area contributed by atoms with E-state index in [1.807, 2.05) is 0 Å². The van der Waals surface area contributed by atoms with E-state index in [1.54, 1.807) is 0 Å². The summed E-state index contributed by atoms with van der Waals surface area (Å²) >= 11 is 0. The first-order chi connectivity index (χ1) is 17.8. The molecule has 1 nitrogen and oxygen atoms in total. The predicted octanol–water partition coefficient (Wildman–Crippen LogP) is 11.7. The summed E-state index contributed by atoms with van der Waals surface area (Å²) in [6, 6.07) is 0. The molecule has 212 valence electrons. The molecule has 3 saturated carbocycles. The Hall–Kier alpha value is -0.0400. The molecule has 0 N–H and O–H groups in total. The van der Waals surface area contributed by atoms with E-state index in [2.05, 4.69) is 13.8 Å². The molecular formula is C35H66O. The first kappa shape index (κ1) is 30.5. The highest BCUT2D eigenvalue weighted by Crippen LogP contribution is 2.42. The Morgan fingerprint density at radius 1 is 0.417 bits per heavy atom. The van der Waals surface area contributed by atoms with Gasteiger partial charge in [-0.05, 0) is 81.0 Å². The average molecular weight is 503 g/mol. The summed E-state index contributed by atoms with van der Waals surface area (Å²) in [6.45, 7) is 5.68. The van der Waals surface area contributed by atoms with Crippen LogP contribution in [0.1, 0.15) is 181 Å². The van der Waals surface area contributed by atoms with Gasteiger partial charge in [0, 0.05) is 6.61 Å². The molecule has 0 aromatic carbocycles. The number of ether oxygens (including phenoxy) is 1. The van der Waals surface area contributed by atoms with E-state index in [-0.39, 0.29) is 0 Å². The minimum atomic E-state index is 0.587. The van der Waals surface area contributed by atoms with Crippen LogP contribution in [0.3, 0.4) is 0 Å². The Balaban J connectivity index is 1.14. The normalized spacial score (nSPS) is 31.5. The quantitative estimate of drug-likeness (QED) is 0.169. The van der Waals surface area contributed by atoms with E-state index >= 15 is 0 Å². The highest BCUT2D eigenvalue weighted by molar-refractivity contribution is 4.82. The van der Waals surface area contributed by atoms with Crippen LogP contribution in [0.4, 0.5) is 0 Å². The van der Waals surface area contributed by atoms with Gasteiger partial charge in [0.1, 0.15) is 0 Å². The molecule has 3 fully saturated rings. The lowest BCUT2D eigenvalue weighted by molar-refractivity contribution is 0.00367. The smallest absolute Gasteiger partial charge is 0.0575 e. The Kier molecular flexibility index (Phi) is 16.2. The highest BCUT2D eigenvalue weighted by Gasteiger charge is 2.31. The fourth-order valence-corrected chi connectivity index (χ4v) is 8.18. The van der Waals surface area contributed by atoms with Crippen LogP contribution in [0.25, 0.3) is 0 Å². The summed E-state index contributed by atoms with van der Waals surface area (Å²) in [6.07, 6.45) is 38.7. The van der Waals surface area contributed by atoms with E-state index in [1.165, 1.54) is 167 Å². The van der Waals surface area contributed by atoms with E-state index in [0.29, 0.717) is 6.10 Å². The molecule has 36 heavy (non-hydrogen) atoms. The van der Waals surface area contributed by atoms with Crippen LogP contribution in [-0.2, 0) is 4.74 Å². The van der Waals surface area contributed by atoms with Gasteiger partial charge < -0.3 is 4.74 Å². The molecule has 0 radical (unpaired) electrons. The lowest BCUT2D eigenvalue weighted by Gasteiger charge is -2.38. The van der Waals surface area contributed by atoms with Crippen molar-refractivity contribution in [3.8, 4) is 0 Å². The molecule has 0 amide bonds. The van der Waals surface area contributed by atoms with Gasteiger partial charge in [0.05, 0.1) is 6.10 Å². The minimum absolute atomic E-state index is 0.587. The molecular weight excluding hydrogens is 436 g/mol. The lowest BCUT2D eigenvalue weighted by atomic mass is 9.70. The van der Waals surface area contributed by atoms with Crippen molar-refractivity contribution in [2.24, 2.45) is 29.6 Å². The standard InChI is InChI=1S/C35H66O/c1-3-5-7-9-11-14-30-17-19-32(20-18-30)16-13-29-36-35-27-25-34(26-28-35)33-23-21-31(22-24-33)15-12-10-8-6-4-2/h30-35H,3-29H2,1-2H3/t30-,31-,32-,33-,34-,35-. The summed E-state index contributed by atoms with van der Waals surface area (Å²) in [4.78, 5) is 0. The van der Waals surface area contributed by atoms with Gasteiger partial charge in [-0.15, -0.1) is 0 Å². The topological polar surface area (TPSA) is 9.23 Å². The summed E-state index contributed by atoms with van der Waals surface area (Å²) in [5.41, 5.74) is 0. The zero-order valence-corrected chi connectivity index (χ0v) is 25.0. The van der Waals surface area contributed by atoms with Crippen LogP contribution in [0.2, 0.25) is 0 Å². The molecule has 0 spiro atoms. The maximum Gasteiger partial charge on any atom is 0.0575 e. The minimum Gasteiger partial charge on any atom is -0.378 e. The average Bonchev–Trinajstić information content (AvgIpc) is 2.92. The molecule has 0 unspecified atom stereocenters. The molecule has 1 heteroatoms. The summed E-state index contributed by atoms with van der Waals surface area (Å²) in [7, 11) is 0. The molecule has 0 atom stereocenters. The Labute approximate surface area is 227 Å². The second kappa shape index (κ2) is 19.1. The Morgan fingerprint density at radius 2 is 0.806 bits per heavy atom. The van der Waals surface area contributed by atoms with Gasteiger partial charge >= 0.3 is 0 Å². The summed E-state index contributed by atoms with van der Waals surface area (Å²) < 4.78 is 6.41. The lowest BCUT2D eigenvalue weighted by Crippen LogP contribution is -2.29. The molecule has 0 aromatic heterocycles. The highest BCUT2D eigenvalue weighted by atomic mass is 16.5. The number of hydrogen-bond donors (Lipinski definition) is 0. The zero-order valence-electron chi connectivity index (χ0n) is 25.0. The van der Waals surface area contributed by atoms with Crippen molar-refractivity contribution in [1.29, 1.82) is 0 Å². The fraction of sp³-hybridized carbons (Fsp3) is 1.00. The molecule has 0 saturated heterocycles. The Bertz CT molecular complexity index is 491. The fourth-order valence-electron chi connectivity index (χ4n) is 8.18. The number of unbranched alkanes of at least 4 members (excludes halogenated alkanes) is 8. The Morgan fingerprint density at radius 3 is 1.28 bits per heavy atom. The monoisotopic (exact) mass is 503 g/mol. The number of rotatable bonds is 18. The summed E-state index contributed by atoms with van der Waals surface area (Å²) in [5.74, 6) is 5.20. The van der Waals surface area contributed by atoms with E-state index in [9.17, 15) is 0 Å². The largest absolute Gasteiger partial charge is 0.378 e. The van der Waals surface area contributed by atoms with Crippen molar-refractivity contribution in [3.05, 3.63) is 0 Å². The van der Waals surface area contributed by atoms with E-state index in [4.69, 9.17) is 4.74 Å². The van der Waals surface area contributed by atoms with Crippen LogP contribution in [0.5, 0.6) is 0 Å². The van der Waals surface area contributed by atoms with Crippen LogP contribution in [0.15, 0.2) is 0 Å². The first-order valence-electron chi connectivity index (χ1n) is 17.4. The zero-order chi connectivity index (χ0) is 25.3. The maximum absolute atomic E-state index is 6.41. The molecule has 0 bridgehead atoms. The van der Waals surface area contributed by atoms with E-state index in [0.717, 1.165) is 36.2 Å². The van der Waals surface area contributed by atoms with Crippen molar-refractivity contribution in [2.45, 2.75) is 187 Å². The predicted molar refractivity (Wildman–Crippen MR) is 159 cm³/mol. The van der Waals surface area contributed by atoms with Crippen molar-refractivity contribution in [3.63, 3.8) is 0 Å². The second-order valence-electron chi connectivity index (χ2n) is 13.6. The van der Waals surface area contributed by atoms with Crippen molar-refractivity contribution < 1.29 is 4.74 Å². The van der Waals surface area contributed by atoms with Crippen LogP contribution >= 0.6 is 0 Å². The molecule has 3 aliphatic carbocycles. The van der Waals surface area contributed by atoms with Gasteiger partial charge in [0.2, 0.25) is 0 Å².